The normalized spacial score (nSPS) is 18.1. The van der Waals surface area contributed by atoms with Crippen molar-refractivity contribution in [2.45, 2.75) is 10.2 Å². The molecule has 0 amide bonds. The first-order chi connectivity index (χ1) is 4.20. The van der Waals surface area contributed by atoms with E-state index >= 15 is 0 Å². The average molecular weight is 256 g/mol. The van der Waals surface area contributed by atoms with Crippen LogP contribution in [0, 0.1) is 0 Å². The molecule has 0 fully saturated rings. The van der Waals surface area contributed by atoms with Crippen molar-refractivity contribution in [3.63, 3.8) is 0 Å². The Morgan fingerprint density at radius 3 is 2.56 bits per heavy atom. The quantitative estimate of drug-likeness (QED) is 0.529. The van der Waals surface area contributed by atoms with Crippen LogP contribution in [0.25, 0.3) is 0 Å². The van der Waals surface area contributed by atoms with E-state index in [1.807, 2.05) is 0 Å². The number of hydrogen-bond acceptors (Lipinski definition) is 2. The van der Waals surface area contributed by atoms with Crippen LogP contribution < -0.4 is 0 Å². The topological polar surface area (TPSA) is 26.3 Å². The van der Waals surface area contributed by atoms with Crippen LogP contribution >= 0.6 is 31.9 Å². The Kier molecular flexibility index (Phi) is 2.29. The van der Waals surface area contributed by atoms with Crippen LogP contribution in [0.1, 0.15) is 6.42 Å². The maximum atomic E-state index is 10.4. The summed E-state index contributed by atoms with van der Waals surface area (Å²) < 4.78 is 4.72. The molecule has 9 heavy (non-hydrogen) atoms. The Bertz CT molecular complexity index is 162. The summed E-state index contributed by atoms with van der Waals surface area (Å²) >= 11 is 6.40. The van der Waals surface area contributed by atoms with Gasteiger partial charge in [0.15, 0.2) is 0 Å². The van der Waals surface area contributed by atoms with Crippen molar-refractivity contribution in [2.24, 2.45) is 0 Å². The smallest absolute Gasteiger partial charge is 0.314 e. The SMILES string of the molecule is O=C1CC=C(C(Br)Br)O1. The largest absolute Gasteiger partial charge is 0.429 e. The fourth-order valence-corrected chi connectivity index (χ4v) is 1.09. The summed E-state index contributed by atoms with van der Waals surface area (Å²) in [7, 11) is 0. The maximum absolute atomic E-state index is 10.4. The van der Waals surface area contributed by atoms with E-state index in [2.05, 4.69) is 31.9 Å². The molecule has 1 rings (SSSR count). The number of carbonyl (C=O) groups is 1. The van der Waals surface area contributed by atoms with Crippen LogP contribution in [-0.2, 0) is 9.53 Å². The highest BCUT2D eigenvalue weighted by Crippen LogP contribution is 2.24. The lowest BCUT2D eigenvalue weighted by molar-refractivity contribution is -0.136. The van der Waals surface area contributed by atoms with Gasteiger partial charge in [0.05, 0.1) is 6.42 Å². The van der Waals surface area contributed by atoms with E-state index in [1.165, 1.54) is 0 Å². The minimum Gasteiger partial charge on any atom is -0.429 e. The molecule has 1 aliphatic heterocycles. The fraction of sp³-hybridized carbons (Fsp3) is 0.400. The average Bonchev–Trinajstić information content (AvgIpc) is 2.14. The van der Waals surface area contributed by atoms with Crippen LogP contribution in [0.15, 0.2) is 11.8 Å². The van der Waals surface area contributed by atoms with Crippen molar-refractivity contribution in [1.29, 1.82) is 0 Å². The lowest BCUT2D eigenvalue weighted by Gasteiger charge is -1.99. The molecule has 1 aliphatic rings. The zero-order valence-corrected chi connectivity index (χ0v) is 7.61. The number of hydrogen-bond donors (Lipinski definition) is 0. The first-order valence-electron chi connectivity index (χ1n) is 2.39. The number of esters is 1. The van der Waals surface area contributed by atoms with Crippen LogP contribution in [0.2, 0.25) is 0 Å². The molecule has 0 radical (unpaired) electrons. The van der Waals surface area contributed by atoms with Gasteiger partial charge >= 0.3 is 5.97 Å². The summed E-state index contributed by atoms with van der Waals surface area (Å²) in [5.74, 6) is 0.467. The standard InChI is InChI=1S/C5H4Br2O2/c6-5(7)3-1-2-4(8)9-3/h1,5H,2H2. The molecule has 0 aromatic heterocycles. The monoisotopic (exact) mass is 254 g/mol. The summed E-state index contributed by atoms with van der Waals surface area (Å²) in [4.78, 5) is 10.4. The zero-order chi connectivity index (χ0) is 6.85. The van der Waals surface area contributed by atoms with Crippen molar-refractivity contribution >= 4 is 37.8 Å². The summed E-state index contributed by atoms with van der Waals surface area (Å²) in [6.45, 7) is 0. The van der Waals surface area contributed by atoms with Crippen molar-refractivity contribution in [3.05, 3.63) is 11.8 Å². The lowest BCUT2D eigenvalue weighted by atomic mass is 10.4. The number of allylic oxidation sites excluding steroid dienone is 1. The molecule has 0 N–H and O–H groups in total. The highest BCUT2D eigenvalue weighted by atomic mass is 79.9. The summed E-state index contributed by atoms with van der Waals surface area (Å²) in [6, 6.07) is 0. The van der Waals surface area contributed by atoms with Gasteiger partial charge in [-0.3, -0.25) is 4.79 Å². The molecule has 1 heterocycles. The van der Waals surface area contributed by atoms with E-state index in [-0.39, 0.29) is 9.71 Å². The number of carbonyl (C=O) groups excluding carboxylic acids is 1. The number of halogens is 2. The molecule has 0 atom stereocenters. The predicted molar refractivity (Wildman–Crippen MR) is 40.4 cm³/mol. The molecule has 0 aromatic carbocycles. The molecule has 0 saturated carbocycles. The molecule has 0 saturated heterocycles. The number of rotatable bonds is 1. The third-order valence-corrected chi connectivity index (χ3v) is 1.82. The fourth-order valence-electron chi connectivity index (χ4n) is 0.532. The molecule has 4 heteroatoms. The second kappa shape index (κ2) is 2.84. The van der Waals surface area contributed by atoms with Gasteiger partial charge in [-0.1, -0.05) is 31.9 Å². The molecule has 0 aromatic rings. The van der Waals surface area contributed by atoms with E-state index in [1.54, 1.807) is 6.08 Å². The van der Waals surface area contributed by atoms with Crippen molar-refractivity contribution in [2.75, 3.05) is 0 Å². The Balaban J connectivity index is 2.55. The Morgan fingerprint density at radius 1 is 1.67 bits per heavy atom. The third kappa shape index (κ3) is 1.79. The molecule has 0 unspecified atom stereocenters. The number of alkyl halides is 2. The van der Waals surface area contributed by atoms with Crippen molar-refractivity contribution in [1.82, 2.24) is 0 Å². The molecule has 50 valence electrons. The van der Waals surface area contributed by atoms with E-state index in [0.717, 1.165) is 0 Å². The van der Waals surface area contributed by atoms with E-state index < -0.39 is 0 Å². The zero-order valence-electron chi connectivity index (χ0n) is 4.43. The van der Waals surface area contributed by atoms with Gasteiger partial charge in [-0.05, 0) is 6.08 Å². The number of cyclic esters (lactones) is 1. The summed E-state index contributed by atoms with van der Waals surface area (Å²) in [6.07, 6.45) is 2.14. The van der Waals surface area contributed by atoms with Gasteiger partial charge in [0, 0.05) is 0 Å². The second-order valence-electron chi connectivity index (χ2n) is 1.59. The van der Waals surface area contributed by atoms with Crippen LogP contribution in [-0.4, -0.2) is 9.71 Å². The summed E-state index contributed by atoms with van der Waals surface area (Å²) in [5, 5.41) is 0. The second-order valence-corrected chi connectivity index (χ2v) is 4.65. The highest BCUT2D eigenvalue weighted by Gasteiger charge is 2.18. The predicted octanol–water partition coefficient (Wildman–Crippen LogP) is 1.93. The lowest BCUT2D eigenvalue weighted by Crippen LogP contribution is -1.97. The van der Waals surface area contributed by atoms with Gasteiger partial charge in [-0.2, -0.15) is 0 Å². The molecule has 2 nitrogen and oxygen atoms in total. The van der Waals surface area contributed by atoms with Gasteiger partial charge in [-0.25, -0.2) is 0 Å². The highest BCUT2D eigenvalue weighted by molar-refractivity contribution is 9.24. The molecular formula is C5H4Br2O2. The Labute approximate surface area is 69.5 Å². The molecular weight excluding hydrogens is 252 g/mol. The molecule has 0 spiro atoms. The molecule has 0 aliphatic carbocycles. The first-order valence-corrected chi connectivity index (χ1v) is 4.22. The van der Waals surface area contributed by atoms with E-state index in [9.17, 15) is 4.79 Å². The third-order valence-electron chi connectivity index (χ3n) is 0.917. The Hall–Kier alpha value is 0.170. The first kappa shape index (κ1) is 7.28. The van der Waals surface area contributed by atoms with E-state index in [4.69, 9.17) is 4.74 Å². The van der Waals surface area contributed by atoms with Gasteiger partial charge in [0.25, 0.3) is 0 Å². The maximum Gasteiger partial charge on any atom is 0.314 e. The van der Waals surface area contributed by atoms with Gasteiger partial charge in [0.1, 0.15) is 9.50 Å². The van der Waals surface area contributed by atoms with Gasteiger partial charge < -0.3 is 4.74 Å². The summed E-state index contributed by atoms with van der Waals surface area (Å²) in [5.41, 5.74) is 0. The number of ether oxygens (including phenoxy) is 1. The van der Waals surface area contributed by atoms with Crippen LogP contribution in [0.3, 0.4) is 0 Å². The van der Waals surface area contributed by atoms with Crippen molar-refractivity contribution in [3.8, 4) is 0 Å². The minimum absolute atomic E-state index is 0.0311. The van der Waals surface area contributed by atoms with Crippen LogP contribution in [0.5, 0.6) is 0 Å². The van der Waals surface area contributed by atoms with Crippen molar-refractivity contribution < 1.29 is 9.53 Å². The van der Waals surface area contributed by atoms with Crippen LogP contribution in [0.4, 0.5) is 0 Å². The Morgan fingerprint density at radius 2 is 2.33 bits per heavy atom. The van der Waals surface area contributed by atoms with E-state index in [0.29, 0.717) is 12.2 Å². The minimum atomic E-state index is -0.186. The van der Waals surface area contributed by atoms with Gasteiger partial charge in [-0.15, -0.1) is 0 Å². The molecule has 0 bridgehead atoms. The van der Waals surface area contributed by atoms with Gasteiger partial charge in [0.2, 0.25) is 0 Å².